The maximum Gasteiger partial charge on any atom is 0.211 e. The lowest BCUT2D eigenvalue weighted by Gasteiger charge is -2.45. The van der Waals surface area contributed by atoms with Crippen molar-refractivity contribution in [1.29, 1.82) is 0 Å². The second-order valence-corrected chi connectivity index (χ2v) is 8.33. The predicted octanol–water partition coefficient (Wildman–Crippen LogP) is 1.65. The summed E-state index contributed by atoms with van der Waals surface area (Å²) in [6.45, 7) is 1.97. The molecule has 2 atom stereocenters. The first-order chi connectivity index (χ1) is 10.4. The molecule has 0 aliphatic carbocycles. The van der Waals surface area contributed by atoms with E-state index >= 15 is 0 Å². The molecule has 2 heterocycles. The van der Waals surface area contributed by atoms with Crippen molar-refractivity contribution < 1.29 is 13.2 Å². The molecule has 0 saturated carbocycles. The van der Waals surface area contributed by atoms with E-state index in [1.807, 2.05) is 12.1 Å². The molecule has 1 saturated heterocycles. The topological polar surface area (TPSA) is 49.9 Å². The van der Waals surface area contributed by atoms with Crippen LogP contribution in [0.1, 0.15) is 30.0 Å². The minimum atomic E-state index is -3.14. The van der Waals surface area contributed by atoms with Crippen molar-refractivity contribution in [3.63, 3.8) is 0 Å². The van der Waals surface area contributed by atoms with Crippen LogP contribution in [0.2, 0.25) is 0 Å². The third-order valence-electron chi connectivity index (χ3n) is 5.12. The summed E-state index contributed by atoms with van der Waals surface area (Å²) in [7, 11) is 0.270. The third-order valence-corrected chi connectivity index (χ3v) is 6.46. The Morgan fingerprint density at radius 3 is 2.77 bits per heavy atom. The molecule has 2 aliphatic heterocycles. The van der Waals surface area contributed by atoms with Crippen molar-refractivity contribution in [2.24, 2.45) is 0 Å². The van der Waals surface area contributed by atoms with Gasteiger partial charge in [0.1, 0.15) is 5.75 Å². The Kier molecular flexibility index (Phi) is 4.18. The van der Waals surface area contributed by atoms with Gasteiger partial charge < -0.3 is 4.74 Å². The van der Waals surface area contributed by atoms with Gasteiger partial charge in [0.05, 0.1) is 13.4 Å². The van der Waals surface area contributed by atoms with Gasteiger partial charge in [-0.2, -0.15) is 0 Å². The van der Waals surface area contributed by atoms with Gasteiger partial charge in [-0.05, 0) is 30.9 Å². The zero-order valence-corrected chi connectivity index (χ0v) is 14.3. The molecule has 1 aromatic carbocycles. The summed E-state index contributed by atoms with van der Waals surface area (Å²) in [5, 5.41) is 0. The van der Waals surface area contributed by atoms with Crippen molar-refractivity contribution in [2.45, 2.75) is 31.3 Å². The molecule has 0 amide bonds. The summed E-state index contributed by atoms with van der Waals surface area (Å²) in [5.74, 6) is 0.954. The molecule has 2 aliphatic rings. The van der Waals surface area contributed by atoms with Crippen LogP contribution in [0.15, 0.2) is 18.2 Å². The van der Waals surface area contributed by atoms with Gasteiger partial charge in [0.2, 0.25) is 10.0 Å². The Morgan fingerprint density at radius 1 is 1.32 bits per heavy atom. The van der Waals surface area contributed by atoms with Gasteiger partial charge in [-0.1, -0.05) is 12.1 Å². The van der Waals surface area contributed by atoms with Gasteiger partial charge in [-0.3, -0.25) is 4.90 Å². The summed E-state index contributed by atoms with van der Waals surface area (Å²) >= 11 is 0. The Hall–Kier alpha value is -1.11. The molecule has 1 fully saturated rings. The normalized spacial score (nSPS) is 25.6. The number of nitrogens with zero attached hydrogens (tertiary/aromatic N) is 2. The Bertz CT molecular complexity index is 659. The van der Waals surface area contributed by atoms with Crippen LogP contribution in [0.4, 0.5) is 0 Å². The Balaban J connectivity index is 1.90. The van der Waals surface area contributed by atoms with Crippen molar-refractivity contribution in [2.75, 3.05) is 33.5 Å². The molecule has 0 bridgehead atoms. The predicted molar refractivity (Wildman–Crippen MR) is 86.6 cm³/mol. The highest BCUT2D eigenvalue weighted by molar-refractivity contribution is 7.88. The molecule has 1 aromatic rings. The van der Waals surface area contributed by atoms with Crippen LogP contribution in [0, 0.1) is 0 Å². The molecule has 0 radical (unpaired) electrons. The quantitative estimate of drug-likeness (QED) is 0.848. The van der Waals surface area contributed by atoms with Crippen LogP contribution < -0.4 is 4.74 Å². The average molecular weight is 324 g/mol. The highest BCUT2D eigenvalue weighted by atomic mass is 32.2. The van der Waals surface area contributed by atoms with Crippen molar-refractivity contribution in [3.05, 3.63) is 29.3 Å². The number of fused-ring (bicyclic) bond motifs is 3. The minimum Gasteiger partial charge on any atom is -0.496 e. The van der Waals surface area contributed by atoms with Gasteiger partial charge in [0.25, 0.3) is 0 Å². The Morgan fingerprint density at radius 2 is 2.09 bits per heavy atom. The number of ether oxygens (including phenoxy) is 1. The van der Waals surface area contributed by atoms with E-state index < -0.39 is 10.0 Å². The minimum absolute atomic E-state index is 0.0772. The summed E-state index contributed by atoms with van der Waals surface area (Å²) < 4.78 is 30.7. The van der Waals surface area contributed by atoms with Crippen LogP contribution in [-0.4, -0.2) is 57.2 Å². The average Bonchev–Trinajstić information content (AvgIpc) is 2.51. The molecule has 6 heteroatoms. The summed E-state index contributed by atoms with van der Waals surface area (Å²) in [5.41, 5.74) is 2.59. The highest BCUT2D eigenvalue weighted by Gasteiger charge is 2.37. The maximum atomic E-state index is 11.8. The first-order valence-electron chi connectivity index (χ1n) is 7.74. The van der Waals surface area contributed by atoms with Gasteiger partial charge in [-0.15, -0.1) is 0 Å². The van der Waals surface area contributed by atoms with E-state index in [4.69, 9.17) is 4.74 Å². The molecule has 22 heavy (non-hydrogen) atoms. The zero-order chi connectivity index (χ0) is 15.9. The van der Waals surface area contributed by atoms with E-state index in [0.29, 0.717) is 6.04 Å². The largest absolute Gasteiger partial charge is 0.496 e. The van der Waals surface area contributed by atoms with Crippen LogP contribution in [0.3, 0.4) is 0 Å². The molecule has 0 unspecified atom stereocenters. The maximum absolute atomic E-state index is 11.8. The smallest absolute Gasteiger partial charge is 0.211 e. The number of rotatable bonds is 3. The SMILES string of the molecule is COc1cccc2c1CCN1CC[C@@H](N(C)S(C)(=O)=O)C[C@@H]21. The summed E-state index contributed by atoms with van der Waals surface area (Å²) in [6.07, 6.45) is 4.04. The zero-order valence-electron chi connectivity index (χ0n) is 13.4. The number of piperidine rings is 1. The summed E-state index contributed by atoms with van der Waals surface area (Å²) in [4.78, 5) is 2.48. The van der Waals surface area contributed by atoms with E-state index in [-0.39, 0.29) is 6.04 Å². The molecular formula is C16H24N2O3S. The van der Waals surface area contributed by atoms with E-state index in [0.717, 1.165) is 38.1 Å². The van der Waals surface area contributed by atoms with Gasteiger partial charge in [-0.25, -0.2) is 12.7 Å². The number of hydrogen-bond acceptors (Lipinski definition) is 4. The standard InChI is InChI=1S/C16H24N2O3S/c1-17(22(3,19)20)12-7-9-18-10-8-14-13(15(18)11-12)5-4-6-16(14)21-2/h4-6,12,15H,7-11H2,1-3H3/t12-,15+/m1/s1. The monoisotopic (exact) mass is 324 g/mol. The lowest BCUT2D eigenvalue weighted by atomic mass is 9.84. The van der Waals surface area contributed by atoms with Crippen LogP contribution >= 0.6 is 0 Å². The fourth-order valence-electron chi connectivity index (χ4n) is 3.80. The molecule has 3 rings (SSSR count). The molecule has 0 N–H and O–H groups in total. The molecule has 0 spiro atoms. The van der Waals surface area contributed by atoms with Crippen LogP contribution in [0.25, 0.3) is 0 Å². The molecule has 0 aromatic heterocycles. The first-order valence-corrected chi connectivity index (χ1v) is 9.59. The first kappa shape index (κ1) is 15.8. The molecule has 5 nitrogen and oxygen atoms in total. The van der Waals surface area contributed by atoms with Gasteiger partial charge in [0.15, 0.2) is 0 Å². The summed E-state index contributed by atoms with van der Waals surface area (Å²) in [6, 6.07) is 6.58. The number of methoxy groups -OCH3 is 1. The lowest BCUT2D eigenvalue weighted by Crippen LogP contribution is -2.48. The van der Waals surface area contributed by atoms with E-state index in [9.17, 15) is 8.42 Å². The lowest BCUT2D eigenvalue weighted by molar-refractivity contribution is 0.0964. The second kappa shape index (κ2) is 5.83. The second-order valence-electron chi connectivity index (χ2n) is 6.29. The van der Waals surface area contributed by atoms with E-state index in [1.54, 1.807) is 18.5 Å². The number of sulfonamides is 1. The number of hydrogen-bond donors (Lipinski definition) is 0. The van der Waals surface area contributed by atoms with E-state index in [2.05, 4.69) is 11.0 Å². The fraction of sp³-hybridized carbons (Fsp3) is 0.625. The third kappa shape index (κ3) is 2.75. The van der Waals surface area contributed by atoms with Gasteiger partial charge >= 0.3 is 0 Å². The Labute approximate surface area is 132 Å². The van der Waals surface area contributed by atoms with Crippen molar-refractivity contribution >= 4 is 10.0 Å². The van der Waals surface area contributed by atoms with Gasteiger partial charge in [0, 0.05) is 37.8 Å². The van der Waals surface area contributed by atoms with Crippen LogP contribution in [0.5, 0.6) is 5.75 Å². The van der Waals surface area contributed by atoms with Crippen LogP contribution in [-0.2, 0) is 16.4 Å². The molecule has 122 valence electrons. The van der Waals surface area contributed by atoms with Crippen molar-refractivity contribution in [1.82, 2.24) is 9.21 Å². The fourth-order valence-corrected chi connectivity index (χ4v) is 4.53. The van der Waals surface area contributed by atoms with Crippen molar-refractivity contribution in [3.8, 4) is 5.75 Å². The molecular weight excluding hydrogens is 300 g/mol. The number of benzene rings is 1. The highest BCUT2D eigenvalue weighted by Crippen LogP contribution is 2.40. The van der Waals surface area contributed by atoms with E-state index in [1.165, 1.54) is 17.4 Å².